The normalized spacial score (nSPS) is 11.9. The van der Waals surface area contributed by atoms with Crippen LogP contribution >= 0.6 is 11.6 Å². The molecule has 1 aromatic rings. The Morgan fingerprint density at radius 3 is 2.29 bits per heavy atom. The third-order valence-corrected chi connectivity index (χ3v) is 2.07. The predicted octanol–water partition coefficient (Wildman–Crippen LogP) is 3.60. The van der Waals surface area contributed by atoms with Gasteiger partial charge in [0.15, 0.2) is 5.69 Å². The van der Waals surface area contributed by atoms with Crippen molar-refractivity contribution in [3.05, 3.63) is 32.6 Å². The van der Waals surface area contributed by atoms with Gasteiger partial charge in [-0.25, -0.2) is 13.8 Å². The van der Waals surface area contributed by atoms with Gasteiger partial charge in [-0.1, -0.05) is 11.6 Å². The molecular weight excluding hydrogens is 275 g/mol. The summed E-state index contributed by atoms with van der Waals surface area (Å²) >= 11 is 5.08. The van der Waals surface area contributed by atoms with Gasteiger partial charge in [-0.2, -0.15) is 13.2 Å². The number of alkyl halides is 5. The number of aromatic nitrogens is 1. The van der Waals surface area contributed by atoms with Crippen LogP contribution in [0.5, 0.6) is 0 Å². The van der Waals surface area contributed by atoms with Crippen molar-refractivity contribution in [2.75, 3.05) is 0 Å². The minimum Gasteiger partial charge on any atom is -0.258 e. The predicted molar refractivity (Wildman–Crippen MR) is 45.9 cm³/mol. The van der Waals surface area contributed by atoms with Gasteiger partial charge in [0.2, 0.25) is 0 Å². The van der Waals surface area contributed by atoms with E-state index in [1.165, 1.54) is 0 Å². The lowest BCUT2D eigenvalue weighted by molar-refractivity contribution is -0.386. The van der Waals surface area contributed by atoms with Gasteiger partial charge in [0, 0.05) is 6.20 Å². The second-order valence-electron chi connectivity index (χ2n) is 2.78. The first-order chi connectivity index (χ1) is 7.66. The number of nitrogens with zero attached hydrogens (tertiary/aromatic N) is 2. The second kappa shape index (κ2) is 4.40. The molecule has 10 heteroatoms. The maximum atomic E-state index is 12.3. The van der Waals surface area contributed by atoms with E-state index in [9.17, 15) is 32.1 Å². The van der Waals surface area contributed by atoms with Crippen LogP contribution in [0.3, 0.4) is 0 Å². The molecule has 1 rings (SSSR count). The largest absolute Gasteiger partial charge is 0.435 e. The molecule has 1 aromatic heterocycles. The van der Waals surface area contributed by atoms with E-state index in [2.05, 4.69) is 4.98 Å². The van der Waals surface area contributed by atoms with Crippen molar-refractivity contribution >= 4 is 17.3 Å². The smallest absolute Gasteiger partial charge is 0.258 e. The van der Waals surface area contributed by atoms with Crippen LogP contribution in [0.4, 0.5) is 27.6 Å². The molecular formula is C7H2ClF5N2O2. The van der Waals surface area contributed by atoms with Crippen LogP contribution in [0.2, 0.25) is 5.02 Å². The van der Waals surface area contributed by atoms with Crippen LogP contribution in [0.1, 0.15) is 17.7 Å². The molecule has 0 amide bonds. The number of nitro groups is 1. The molecule has 17 heavy (non-hydrogen) atoms. The van der Waals surface area contributed by atoms with Crippen LogP contribution < -0.4 is 0 Å². The Morgan fingerprint density at radius 2 is 1.94 bits per heavy atom. The van der Waals surface area contributed by atoms with Crippen LogP contribution in [0, 0.1) is 10.1 Å². The summed E-state index contributed by atoms with van der Waals surface area (Å²) in [5.74, 6) is 0. The molecule has 4 nitrogen and oxygen atoms in total. The summed E-state index contributed by atoms with van der Waals surface area (Å²) in [6.45, 7) is 0. The Morgan fingerprint density at radius 1 is 1.41 bits per heavy atom. The zero-order valence-electron chi connectivity index (χ0n) is 7.63. The van der Waals surface area contributed by atoms with Crippen molar-refractivity contribution in [1.82, 2.24) is 4.98 Å². The second-order valence-corrected chi connectivity index (χ2v) is 3.16. The number of rotatable bonds is 2. The summed E-state index contributed by atoms with van der Waals surface area (Å²) in [6.07, 6.45) is -8.30. The highest BCUT2D eigenvalue weighted by Gasteiger charge is 2.40. The number of halogens is 6. The minimum absolute atomic E-state index is 0.0947. The zero-order chi connectivity index (χ0) is 13.4. The highest BCUT2D eigenvalue weighted by molar-refractivity contribution is 6.33. The molecule has 0 saturated carbocycles. The SMILES string of the molecule is O=[N+]([O-])c1c(C(F)F)cnc(C(F)(F)F)c1Cl. The number of hydrogen-bond donors (Lipinski definition) is 0. The highest BCUT2D eigenvalue weighted by atomic mass is 35.5. The average Bonchev–Trinajstić information content (AvgIpc) is 2.13. The molecule has 0 aliphatic carbocycles. The van der Waals surface area contributed by atoms with Gasteiger partial charge in [0.1, 0.15) is 10.6 Å². The quantitative estimate of drug-likeness (QED) is 0.471. The molecule has 0 aromatic carbocycles. The summed E-state index contributed by atoms with van der Waals surface area (Å²) in [5.41, 5.74) is -4.51. The Kier molecular flexibility index (Phi) is 3.51. The monoisotopic (exact) mass is 276 g/mol. The van der Waals surface area contributed by atoms with E-state index in [-0.39, 0.29) is 6.20 Å². The maximum Gasteiger partial charge on any atom is 0.435 e. The van der Waals surface area contributed by atoms with E-state index < -0.39 is 39.5 Å². The zero-order valence-corrected chi connectivity index (χ0v) is 8.39. The van der Waals surface area contributed by atoms with Crippen LogP contribution in [0.15, 0.2) is 6.20 Å². The fourth-order valence-corrected chi connectivity index (χ4v) is 1.37. The van der Waals surface area contributed by atoms with Crippen LogP contribution in [-0.4, -0.2) is 9.91 Å². The van der Waals surface area contributed by atoms with E-state index in [1.54, 1.807) is 0 Å². The third-order valence-electron chi connectivity index (χ3n) is 1.71. The van der Waals surface area contributed by atoms with Crippen molar-refractivity contribution in [2.45, 2.75) is 12.6 Å². The van der Waals surface area contributed by atoms with Gasteiger partial charge < -0.3 is 0 Å². The Hall–Kier alpha value is -1.51. The first kappa shape index (κ1) is 13.6. The fraction of sp³-hybridized carbons (Fsp3) is 0.286. The molecule has 0 saturated heterocycles. The molecule has 0 N–H and O–H groups in total. The Balaban J connectivity index is 3.56. The molecule has 0 radical (unpaired) electrons. The lowest BCUT2D eigenvalue weighted by atomic mass is 10.2. The van der Waals surface area contributed by atoms with Crippen molar-refractivity contribution in [2.24, 2.45) is 0 Å². The molecule has 0 unspecified atom stereocenters. The Bertz CT molecular complexity index is 462. The van der Waals surface area contributed by atoms with E-state index >= 15 is 0 Å². The summed E-state index contributed by atoms with van der Waals surface area (Å²) in [5, 5.41) is 8.97. The molecule has 0 bridgehead atoms. The van der Waals surface area contributed by atoms with Gasteiger partial charge >= 0.3 is 11.9 Å². The van der Waals surface area contributed by atoms with Crippen molar-refractivity contribution < 1.29 is 26.9 Å². The fourth-order valence-electron chi connectivity index (χ4n) is 1.03. The summed E-state index contributed by atoms with van der Waals surface area (Å²) in [6, 6.07) is 0. The third kappa shape index (κ3) is 2.60. The van der Waals surface area contributed by atoms with Gasteiger partial charge in [-0.15, -0.1) is 0 Å². The molecule has 94 valence electrons. The van der Waals surface area contributed by atoms with Gasteiger partial charge in [0.05, 0.1) is 4.92 Å². The van der Waals surface area contributed by atoms with Gasteiger partial charge in [0.25, 0.3) is 6.43 Å². The average molecular weight is 277 g/mol. The molecule has 0 atom stereocenters. The van der Waals surface area contributed by atoms with Gasteiger partial charge in [-0.05, 0) is 0 Å². The highest BCUT2D eigenvalue weighted by Crippen LogP contribution is 2.41. The first-order valence-electron chi connectivity index (χ1n) is 3.84. The molecule has 0 aliphatic heterocycles. The summed E-state index contributed by atoms with van der Waals surface area (Å²) in [7, 11) is 0. The van der Waals surface area contributed by atoms with E-state index in [4.69, 9.17) is 11.6 Å². The standard InChI is InChI=1S/C7H2ClF5N2O2/c8-3-4(15(16)17)2(6(9)10)1-14-5(3)7(11,12)13/h1,6H. The van der Waals surface area contributed by atoms with Crippen LogP contribution in [0.25, 0.3) is 0 Å². The van der Waals surface area contributed by atoms with Crippen molar-refractivity contribution in [3.63, 3.8) is 0 Å². The molecule has 0 aliphatic rings. The van der Waals surface area contributed by atoms with E-state index in [1.807, 2.05) is 0 Å². The lowest BCUT2D eigenvalue weighted by Crippen LogP contribution is -2.11. The van der Waals surface area contributed by atoms with Gasteiger partial charge in [-0.3, -0.25) is 10.1 Å². The minimum atomic E-state index is -5.05. The number of pyridine rings is 1. The first-order valence-corrected chi connectivity index (χ1v) is 4.22. The molecule has 0 spiro atoms. The van der Waals surface area contributed by atoms with Crippen molar-refractivity contribution in [1.29, 1.82) is 0 Å². The summed E-state index contributed by atoms with van der Waals surface area (Å²) < 4.78 is 61.4. The Labute approximate surface area is 95.2 Å². The summed E-state index contributed by atoms with van der Waals surface area (Å²) in [4.78, 5) is 11.7. The number of hydrogen-bond acceptors (Lipinski definition) is 3. The lowest BCUT2D eigenvalue weighted by Gasteiger charge is -2.09. The maximum absolute atomic E-state index is 12.3. The molecule has 0 fully saturated rings. The van der Waals surface area contributed by atoms with Crippen LogP contribution in [-0.2, 0) is 6.18 Å². The molecule has 1 heterocycles. The van der Waals surface area contributed by atoms with E-state index in [0.29, 0.717) is 0 Å². The van der Waals surface area contributed by atoms with Crippen molar-refractivity contribution in [3.8, 4) is 0 Å². The topological polar surface area (TPSA) is 56.0 Å². The van der Waals surface area contributed by atoms with E-state index in [0.717, 1.165) is 0 Å².